The van der Waals surface area contributed by atoms with Crippen molar-refractivity contribution in [1.29, 1.82) is 0 Å². The van der Waals surface area contributed by atoms with Crippen LogP contribution in [-0.4, -0.2) is 58.7 Å². The number of amides is 2. The van der Waals surface area contributed by atoms with Crippen molar-refractivity contribution in [3.63, 3.8) is 0 Å². The summed E-state index contributed by atoms with van der Waals surface area (Å²) in [7, 11) is 0. The van der Waals surface area contributed by atoms with Crippen molar-refractivity contribution < 1.29 is 9.59 Å². The Hall–Kier alpha value is -2.54. The number of anilines is 1. The third-order valence-corrected chi connectivity index (χ3v) is 9.00. The van der Waals surface area contributed by atoms with Crippen molar-refractivity contribution in [2.75, 3.05) is 31.1 Å². The van der Waals surface area contributed by atoms with Gasteiger partial charge in [0.2, 0.25) is 5.91 Å². The third-order valence-electron chi connectivity index (χ3n) is 8.59. The predicted molar refractivity (Wildman–Crippen MR) is 147 cm³/mol. The van der Waals surface area contributed by atoms with Gasteiger partial charge in [-0.1, -0.05) is 17.7 Å². The van der Waals surface area contributed by atoms with E-state index in [-0.39, 0.29) is 17.9 Å². The van der Waals surface area contributed by atoms with Crippen molar-refractivity contribution in [3.05, 3.63) is 45.7 Å². The number of fused-ring (bicyclic) bond motifs is 1. The van der Waals surface area contributed by atoms with Gasteiger partial charge in [-0.25, -0.2) is 0 Å². The Labute approximate surface area is 225 Å². The average Bonchev–Trinajstić information content (AvgIpc) is 3.28. The number of nitrogens with one attached hydrogen (secondary N) is 1. The second-order valence-electron chi connectivity index (χ2n) is 11.1. The molecular formula is C29H40ClN5O2. The van der Waals surface area contributed by atoms with Gasteiger partial charge in [-0.15, -0.1) is 0 Å². The minimum atomic E-state index is 0.00263. The number of nitrogens with zero attached hydrogens (tertiary/aromatic N) is 4. The molecule has 1 aromatic carbocycles. The molecule has 3 heterocycles. The molecule has 3 aliphatic rings. The summed E-state index contributed by atoms with van der Waals surface area (Å²) in [6.07, 6.45) is 9.34. The molecule has 0 radical (unpaired) electrons. The first-order chi connectivity index (χ1) is 17.9. The number of hydrogen-bond acceptors (Lipinski definition) is 4. The van der Waals surface area contributed by atoms with Gasteiger partial charge in [0.25, 0.3) is 5.91 Å². The predicted octanol–water partition coefficient (Wildman–Crippen LogP) is 4.77. The summed E-state index contributed by atoms with van der Waals surface area (Å²) >= 11 is 6.36. The number of carbonyl (C=O) groups is 2. The number of carbonyl (C=O) groups excluding carboxylic acids is 2. The third kappa shape index (κ3) is 5.82. The topological polar surface area (TPSA) is 70.5 Å². The molecule has 2 aliphatic heterocycles. The summed E-state index contributed by atoms with van der Waals surface area (Å²) in [6.45, 7) is 8.02. The molecule has 2 aromatic rings. The first-order valence-electron chi connectivity index (χ1n) is 14.1. The largest absolute Gasteiger partial charge is 0.371 e. The first kappa shape index (κ1) is 26.1. The van der Waals surface area contributed by atoms with Crippen molar-refractivity contribution in [2.24, 2.45) is 5.92 Å². The molecule has 2 saturated heterocycles. The summed E-state index contributed by atoms with van der Waals surface area (Å²) in [5.41, 5.74) is 5.58. The molecule has 5 rings (SSSR count). The van der Waals surface area contributed by atoms with Crippen molar-refractivity contribution in [2.45, 2.75) is 84.2 Å². The number of halogens is 1. The summed E-state index contributed by atoms with van der Waals surface area (Å²) in [5, 5.41) is 8.77. The number of piperidine rings is 2. The van der Waals surface area contributed by atoms with E-state index >= 15 is 0 Å². The smallest absolute Gasteiger partial charge is 0.274 e. The maximum absolute atomic E-state index is 13.5. The van der Waals surface area contributed by atoms with Crippen LogP contribution in [0.25, 0.3) is 0 Å². The lowest BCUT2D eigenvalue weighted by molar-refractivity contribution is -0.119. The number of hydrogen-bond donors (Lipinski definition) is 1. The molecule has 7 nitrogen and oxygen atoms in total. The lowest BCUT2D eigenvalue weighted by Gasteiger charge is -2.34. The highest BCUT2D eigenvalue weighted by atomic mass is 35.5. The number of aryl methyl sites for hydroxylation is 1. The minimum absolute atomic E-state index is 0.00263. The highest BCUT2D eigenvalue weighted by Gasteiger charge is 2.31. The van der Waals surface area contributed by atoms with Gasteiger partial charge in [0.15, 0.2) is 5.69 Å². The number of likely N-dealkylation sites (tertiary alicyclic amines) is 1. The molecule has 2 fully saturated rings. The van der Waals surface area contributed by atoms with Gasteiger partial charge in [-0.2, -0.15) is 5.10 Å². The van der Waals surface area contributed by atoms with Crippen LogP contribution in [0.1, 0.15) is 79.2 Å². The maximum atomic E-state index is 13.5. The van der Waals surface area contributed by atoms with Crippen LogP contribution in [0.4, 0.5) is 5.69 Å². The zero-order chi connectivity index (χ0) is 25.9. The summed E-state index contributed by atoms with van der Waals surface area (Å²) in [4.78, 5) is 29.3. The molecule has 0 saturated carbocycles. The molecule has 1 aliphatic carbocycles. The van der Waals surface area contributed by atoms with Crippen molar-refractivity contribution in [3.8, 4) is 0 Å². The van der Waals surface area contributed by atoms with Crippen LogP contribution in [0.15, 0.2) is 18.2 Å². The second kappa shape index (κ2) is 11.5. The van der Waals surface area contributed by atoms with Gasteiger partial charge in [0.1, 0.15) is 0 Å². The zero-order valence-electron chi connectivity index (χ0n) is 22.3. The molecule has 0 bridgehead atoms. The number of rotatable bonds is 6. The van der Waals surface area contributed by atoms with Crippen molar-refractivity contribution in [1.82, 2.24) is 20.0 Å². The zero-order valence-corrected chi connectivity index (χ0v) is 23.0. The van der Waals surface area contributed by atoms with Gasteiger partial charge < -0.3 is 15.1 Å². The van der Waals surface area contributed by atoms with E-state index in [9.17, 15) is 9.59 Å². The molecule has 200 valence electrons. The van der Waals surface area contributed by atoms with Gasteiger partial charge in [0, 0.05) is 67.7 Å². The lowest BCUT2D eigenvalue weighted by atomic mass is 9.92. The highest BCUT2D eigenvalue weighted by Crippen LogP contribution is 2.32. The Balaban J connectivity index is 1.20. The van der Waals surface area contributed by atoms with E-state index in [4.69, 9.17) is 16.7 Å². The van der Waals surface area contributed by atoms with Crippen molar-refractivity contribution >= 4 is 29.1 Å². The highest BCUT2D eigenvalue weighted by molar-refractivity contribution is 6.31. The fourth-order valence-electron chi connectivity index (χ4n) is 6.40. The molecule has 37 heavy (non-hydrogen) atoms. The Kier molecular flexibility index (Phi) is 8.08. The van der Waals surface area contributed by atoms with Crippen LogP contribution in [0.3, 0.4) is 0 Å². The van der Waals surface area contributed by atoms with Crippen LogP contribution < -0.4 is 10.2 Å². The Morgan fingerprint density at radius 2 is 1.78 bits per heavy atom. The molecule has 0 spiro atoms. The Morgan fingerprint density at radius 1 is 1.05 bits per heavy atom. The molecule has 0 atom stereocenters. The fraction of sp³-hybridized carbons (Fsp3) is 0.621. The van der Waals surface area contributed by atoms with E-state index in [1.54, 1.807) is 6.92 Å². The monoisotopic (exact) mass is 525 g/mol. The standard InChI is InChI=1S/C29H40ClN5O2/c1-20-25(30)7-5-9-26(20)33-15-10-22(11-16-33)12-19-35-27-8-4-3-6-24(27)28(32-35)29(37)34-17-13-23(14-18-34)31-21(2)36/h5,7,9,22-23H,3-4,6,8,10-19H2,1-2H3,(H,31,36). The number of aromatic nitrogens is 2. The maximum Gasteiger partial charge on any atom is 0.274 e. The molecule has 1 N–H and O–H groups in total. The molecule has 1 aromatic heterocycles. The van der Waals surface area contributed by atoms with Gasteiger partial charge >= 0.3 is 0 Å². The Bertz CT molecular complexity index is 1130. The lowest BCUT2D eigenvalue weighted by Crippen LogP contribution is -2.46. The second-order valence-corrected chi connectivity index (χ2v) is 11.5. The molecule has 2 amide bonds. The van der Waals surface area contributed by atoms with E-state index in [0.717, 1.165) is 63.2 Å². The van der Waals surface area contributed by atoms with Crippen LogP contribution in [-0.2, 0) is 24.2 Å². The van der Waals surface area contributed by atoms with Gasteiger partial charge in [-0.05, 0) is 88.3 Å². The van der Waals surface area contributed by atoms with Crippen LogP contribution >= 0.6 is 11.6 Å². The SMILES string of the molecule is CC(=O)NC1CCN(C(=O)c2nn(CCC3CCN(c4cccc(Cl)c4C)CC3)c3c2CCCC3)CC1. The van der Waals surface area contributed by atoms with E-state index in [0.29, 0.717) is 24.7 Å². The van der Waals surface area contributed by atoms with Crippen LogP contribution in [0.2, 0.25) is 5.02 Å². The van der Waals surface area contributed by atoms with Crippen LogP contribution in [0.5, 0.6) is 0 Å². The van der Waals surface area contributed by atoms with E-state index in [1.807, 2.05) is 17.0 Å². The summed E-state index contributed by atoms with van der Waals surface area (Å²) in [5.74, 6) is 0.748. The summed E-state index contributed by atoms with van der Waals surface area (Å²) in [6, 6.07) is 6.35. The minimum Gasteiger partial charge on any atom is -0.371 e. The fourth-order valence-corrected chi connectivity index (χ4v) is 6.57. The van der Waals surface area contributed by atoms with E-state index < -0.39 is 0 Å². The van der Waals surface area contributed by atoms with Gasteiger partial charge in [-0.3, -0.25) is 14.3 Å². The molecule has 0 unspecified atom stereocenters. The number of benzene rings is 1. The van der Waals surface area contributed by atoms with Crippen LogP contribution in [0, 0.1) is 12.8 Å². The first-order valence-corrected chi connectivity index (χ1v) is 14.4. The quantitative estimate of drug-likeness (QED) is 0.589. The molecular weight excluding hydrogens is 486 g/mol. The van der Waals surface area contributed by atoms with E-state index in [1.165, 1.54) is 41.8 Å². The molecule has 8 heteroatoms. The average molecular weight is 526 g/mol. The van der Waals surface area contributed by atoms with Gasteiger partial charge in [0.05, 0.1) is 0 Å². The summed E-state index contributed by atoms with van der Waals surface area (Å²) < 4.78 is 2.17. The Morgan fingerprint density at radius 3 is 2.51 bits per heavy atom. The normalized spacial score (nSPS) is 19.1. The van der Waals surface area contributed by atoms with E-state index in [2.05, 4.69) is 27.9 Å².